The van der Waals surface area contributed by atoms with Gasteiger partial charge in [-0.3, -0.25) is 4.90 Å². The Labute approximate surface area is 140 Å². The molecule has 1 fully saturated rings. The van der Waals surface area contributed by atoms with Crippen LogP contribution in [0.2, 0.25) is 5.02 Å². The zero-order valence-corrected chi connectivity index (χ0v) is 15.0. The van der Waals surface area contributed by atoms with Crippen LogP contribution in [0.25, 0.3) is 0 Å². The van der Waals surface area contributed by atoms with Gasteiger partial charge in [0.15, 0.2) is 0 Å². The molecular formula is C16H24BrClN2O. The second-order valence-electron chi connectivity index (χ2n) is 5.73. The molecule has 2 atom stereocenters. The van der Waals surface area contributed by atoms with Crippen LogP contribution in [-0.2, 0) is 4.74 Å². The third-order valence-corrected chi connectivity index (χ3v) is 5.25. The van der Waals surface area contributed by atoms with Crippen LogP contribution in [0.1, 0.15) is 31.4 Å². The van der Waals surface area contributed by atoms with Gasteiger partial charge in [-0.25, -0.2) is 0 Å². The number of halogens is 2. The van der Waals surface area contributed by atoms with Gasteiger partial charge in [-0.15, -0.1) is 0 Å². The van der Waals surface area contributed by atoms with Gasteiger partial charge >= 0.3 is 0 Å². The van der Waals surface area contributed by atoms with Crippen LogP contribution in [0, 0.1) is 5.92 Å². The quantitative estimate of drug-likeness (QED) is 0.750. The smallest absolute Gasteiger partial charge is 0.0590 e. The van der Waals surface area contributed by atoms with Crippen LogP contribution in [-0.4, -0.2) is 37.7 Å². The summed E-state index contributed by atoms with van der Waals surface area (Å²) < 4.78 is 6.31. The molecule has 1 aromatic rings. The minimum atomic E-state index is 0.183. The lowest BCUT2D eigenvalue weighted by Gasteiger charge is -2.37. The molecule has 0 radical (unpaired) electrons. The maximum atomic E-state index is 6.11. The van der Waals surface area contributed by atoms with Crippen LogP contribution < -0.4 is 5.73 Å². The summed E-state index contributed by atoms with van der Waals surface area (Å²) in [5.41, 5.74) is 7.31. The van der Waals surface area contributed by atoms with E-state index in [1.54, 1.807) is 7.11 Å². The molecule has 0 heterocycles. The molecular weight excluding hydrogens is 352 g/mol. The first-order valence-corrected chi connectivity index (χ1v) is 8.65. The SMILES string of the molecule is COCCN(C(CN)c1ccc(Cl)cc1Br)C(C)C1CC1. The number of methoxy groups -OCH3 is 1. The van der Waals surface area contributed by atoms with E-state index in [4.69, 9.17) is 22.1 Å². The number of ether oxygens (including phenoxy) is 1. The predicted molar refractivity (Wildman–Crippen MR) is 91.7 cm³/mol. The summed E-state index contributed by atoms with van der Waals surface area (Å²) in [6.07, 6.45) is 2.65. The van der Waals surface area contributed by atoms with Crippen molar-refractivity contribution in [1.82, 2.24) is 4.90 Å². The largest absolute Gasteiger partial charge is 0.383 e. The molecule has 2 N–H and O–H groups in total. The van der Waals surface area contributed by atoms with Crippen molar-refractivity contribution in [3.05, 3.63) is 33.3 Å². The summed E-state index contributed by atoms with van der Waals surface area (Å²) in [6, 6.07) is 6.65. The predicted octanol–water partition coefficient (Wildman–Crippen LogP) is 3.85. The molecule has 2 rings (SSSR count). The number of nitrogens with zero attached hydrogens (tertiary/aromatic N) is 1. The van der Waals surface area contributed by atoms with Crippen LogP contribution in [0.3, 0.4) is 0 Å². The van der Waals surface area contributed by atoms with Gasteiger partial charge in [0.25, 0.3) is 0 Å². The molecule has 21 heavy (non-hydrogen) atoms. The molecule has 0 amide bonds. The molecule has 1 saturated carbocycles. The Morgan fingerprint density at radius 3 is 2.71 bits per heavy atom. The molecule has 0 bridgehead atoms. The van der Waals surface area contributed by atoms with Gasteiger partial charge in [0.2, 0.25) is 0 Å². The standard InChI is InChI=1S/C16H24BrClN2O/c1-11(12-3-4-12)20(7-8-21-2)16(10-19)14-6-5-13(18)9-15(14)17/h5-6,9,11-12,16H,3-4,7-8,10,19H2,1-2H3. The van der Waals surface area contributed by atoms with E-state index in [9.17, 15) is 0 Å². The van der Waals surface area contributed by atoms with Crippen molar-refractivity contribution in [1.29, 1.82) is 0 Å². The van der Waals surface area contributed by atoms with Crippen molar-refractivity contribution in [3.63, 3.8) is 0 Å². The second-order valence-corrected chi connectivity index (χ2v) is 7.02. The van der Waals surface area contributed by atoms with Gasteiger partial charge in [-0.1, -0.05) is 33.6 Å². The summed E-state index contributed by atoms with van der Waals surface area (Å²) in [4.78, 5) is 2.48. The first kappa shape index (κ1) is 17.2. The zero-order valence-electron chi connectivity index (χ0n) is 12.7. The molecule has 118 valence electrons. The minimum absolute atomic E-state index is 0.183. The molecule has 2 unspecified atom stereocenters. The van der Waals surface area contributed by atoms with Crippen LogP contribution in [0.15, 0.2) is 22.7 Å². The van der Waals surface area contributed by atoms with E-state index in [0.717, 1.165) is 28.6 Å². The highest BCUT2D eigenvalue weighted by atomic mass is 79.9. The molecule has 0 spiro atoms. The van der Waals surface area contributed by atoms with Crippen LogP contribution >= 0.6 is 27.5 Å². The summed E-state index contributed by atoms with van der Waals surface area (Å²) in [5.74, 6) is 0.794. The number of benzene rings is 1. The molecule has 1 aromatic carbocycles. The average Bonchev–Trinajstić information content (AvgIpc) is 3.28. The summed E-state index contributed by atoms with van der Waals surface area (Å²) >= 11 is 9.69. The lowest BCUT2D eigenvalue weighted by Crippen LogP contribution is -2.43. The molecule has 0 aliphatic heterocycles. The normalized spacial score (nSPS) is 18.0. The number of nitrogens with two attached hydrogens (primary N) is 1. The maximum absolute atomic E-state index is 6.11. The van der Waals surface area contributed by atoms with Crippen molar-refractivity contribution >= 4 is 27.5 Å². The lowest BCUT2D eigenvalue weighted by molar-refractivity contribution is 0.0832. The van der Waals surface area contributed by atoms with E-state index in [2.05, 4.69) is 33.8 Å². The molecule has 3 nitrogen and oxygen atoms in total. The van der Waals surface area contributed by atoms with Gasteiger partial charge in [0, 0.05) is 41.8 Å². The Hall–Kier alpha value is -0.130. The average molecular weight is 376 g/mol. The van der Waals surface area contributed by atoms with Gasteiger partial charge < -0.3 is 10.5 Å². The highest BCUT2D eigenvalue weighted by molar-refractivity contribution is 9.10. The van der Waals surface area contributed by atoms with E-state index in [0.29, 0.717) is 12.6 Å². The molecule has 1 aliphatic carbocycles. The van der Waals surface area contributed by atoms with Gasteiger partial charge in [0.05, 0.1) is 6.61 Å². The Kier molecular flexibility index (Phi) is 6.51. The lowest BCUT2D eigenvalue weighted by atomic mass is 10.0. The topological polar surface area (TPSA) is 38.5 Å². The Morgan fingerprint density at radius 1 is 1.48 bits per heavy atom. The van der Waals surface area contributed by atoms with Gasteiger partial charge in [-0.2, -0.15) is 0 Å². The fourth-order valence-corrected chi connectivity index (χ4v) is 3.85. The zero-order chi connectivity index (χ0) is 15.4. The number of hydrogen-bond acceptors (Lipinski definition) is 3. The van der Waals surface area contributed by atoms with E-state index in [1.807, 2.05) is 12.1 Å². The minimum Gasteiger partial charge on any atom is -0.383 e. The first-order chi connectivity index (χ1) is 10.1. The Balaban J connectivity index is 2.24. The van der Waals surface area contributed by atoms with Gasteiger partial charge in [-0.05, 0) is 43.4 Å². The molecule has 1 aliphatic rings. The number of rotatable bonds is 8. The molecule has 5 heteroatoms. The van der Waals surface area contributed by atoms with E-state index >= 15 is 0 Å². The van der Waals surface area contributed by atoms with Crippen molar-refractivity contribution in [2.24, 2.45) is 11.7 Å². The van der Waals surface area contributed by atoms with Crippen LogP contribution in [0.4, 0.5) is 0 Å². The van der Waals surface area contributed by atoms with E-state index in [1.165, 1.54) is 18.4 Å². The fourth-order valence-electron chi connectivity index (χ4n) is 2.90. The van der Waals surface area contributed by atoms with Crippen molar-refractivity contribution < 1.29 is 4.74 Å². The van der Waals surface area contributed by atoms with Crippen LogP contribution in [0.5, 0.6) is 0 Å². The van der Waals surface area contributed by atoms with Crippen molar-refractivity contribution in [3.8, 4) is 0 Å². The molecule has 0 aromatic heterocycles. The summed E-state index contributed by atoms with van der Waals surface area (Å²) in [6.45, 7) is 4.50. The fraction of sp³-hybridized carbons (Fsp3) is 0.625. The highest BCUT2D eigenvalue weighted by Gasteiger charge is 2.35. The Morgan fingerprint density at radius 2 is 2.19 bits per heavy atom. The van der Waals surface area contributed by atoms with Crippen molar-refractivity contribution in [2.45, 2.75) is 31.8 Å². The van der Waals surface area contributed by atoms with E-state index in [-0.39, 0.29) is 6.04 Å². The maximum Gasteiger partial charge on any atom is 0.0590 e. The number of hydrogen-bond donors (Lipinski definition) is 1. The summed E-state index contributed by atoms with van der Waals surface area (Å²) in [7, 11) is 1.75. The van der Waals surface area contributed by atoms with Crippen molar-refractivity contribution in [2.75, 3.05) is 26.8 Å². The van der Waals surface area contributed by atoms with E-state index < -0.39 is 0 Å². The monoisotopic (exact) mass is 374 g/mol. The summed E-state index contributed by atoms with van der Waals surface area (Å²) in [5, 5.41) is 0.736. The third kappa shape index (κ3) is 4.42. The Bertz CT molecular complexity index is 468. The highest BCUT2D eigenvalue weighted by Crippen LogP contribution is 2.39. The first-order valence-electron chi connectivity index (χ1n) is 7.48. The molecule has 0 saturated heterocycles. The second kappa shape index (κ2) is 7.93. The van der Waals surface area contributed by atoms with Gasteiger partial charge in [0.1, 0.15) is 0 Å². The third-order valence-electron chi connectivity index (χ3n) is 4.33.